The first kappa shape index (κ1) is 13.7. The van der Waals surface area contributed by atoms with E-state index in [-0.39, 0.29) is 0 Å². The Morgan fingerprint density at radius 3 is 2.74 bits per heavy atom. The van der Waals surface area contributed by atoms with Gasteiger partial charge in [-0.2, -0.15) is 0 Å². The predicted octanol–water partition coefficient (Wildman–Crippen LogP) is 2.23. The molecule has 0 saturated carbocycles. The SMILES string of the molecule is Cc1c(Br)cccc1-c1nnnn1C(C)(C)C(=O)O. The second kappa shape index (κ2) is 4.73. The van der Waals surface area contributed by atoms with Gasteiger partial charge in [0.25, 0.3) is 0 Å². The fraction of sp³-hybridized carbons (Fsp3) is 0.333. The molecule has 100 valence electrons. The van der Waals surface area contributed by atoms with Gasteiger partial charge in [0.2, 0.25) is 0 Å². The van der Waals surface area contributed by atoms with E-state index in [4.69, 9.17) is 0 Å². The van der Waals surface area contributed by atoms with Gasteiger partial charge in [-0.15, -0.1) is 5.10 Å². The molecule has 7 heteroatoms. The quantitative estimate of drug-likeness (QED) is 0.936. The van der Waals surface area contributed by atoms with Gasteiger partial charge < -0.3 is 5.11 Å². The number of rotatable bonds is 3. The maximum atomic E-state index is 11.3. The Bertz CT molecular complexity index is 636. The number of benzene rings is 1. The molecule has 2 aromatic rings. The van der Waals surface area contributed by atoms with Crippen LogP contribution in [-0.4, -0.2) is 31.3 Å². The zero-order chi connectivity index (χ0) is 14.2. The summed E-state index contributed by atoms with van der Waals surface area (Å²) in [6.45, 7) is 5.04. The smallest absolute Gasteiger partial charge is 0.331 e. The van der Waals surface area contributed by atoms with Gasteiger partial charge in [0.15, 0.2) is 11.4 Å². The first-order valence-corrected chi connectivity index (χ1v) is 6.42. The highest BCUT2D eigenvalue weighted by Crippen LogP contribution is 2.29. The van der Waals surface area contributed by atoms with Crippen LogP contribution >= 0.6 is 15.9 Å². The number of tetrazole rings is 1. The van der Waals surface area contributed by atoms with E-state index in [1.54, 1.807) is 13.8 Å². The van der Waals surface area contributed by atoms with E-state index in [1.807, 2.05) is 25.1 Å². The van der Waals surface area contributed by atoms with Crippen LogP contribution in [0.3, 0.4) is 0 Å². The third-order valence-corrected chi connectivity index (χ3v) is 3.89. The number of aromatic nitrogens is 4. The van der Waals surface area contributed by atoms with E-state index in [1.165, 1.54) is 4.68 Å². The van der Waals surface area contributed by atoms with Gasteiger partial charge in [-0.25, -0.2) is 9.48 Å². The summed E-state index contributed by atoms with van der Waals surface area (Å²) in [6.07, 6.45) is 0. The molecule has 0 saturated heterocycles. The lowest BCUT2D eigenvalue weighted by molar-refractivity contribution is -0.146. The molecular weight excluding hydrogens is 312 g/mol. The minimum absolute atomic E-state index is 0.436. The molecule has 0 unspecified atom stereocenters. The second-order valence-electron chi connectivity index (χ2n) is 4.69. The van der Waals surface area contributed by atoms with Crippen LogP contribution in [0.1, 0.15) is 19.4 Å². The van der Waals surface area contributed by atoms with Crippen molar-refractivity contribution in [1.82, 2.24) is 20.2 Å². The molecule has 0 radical (unpaired) electrons. The first-order valence-electron chi connectivity index (χ1n) is 5.63. The Kier molecular flexibility index (Phi) is 3.40. The molecule has 6 nitrogen and oxygen atoms in total. The summed E-state index contributed by atoms with van der Waals surface area (Å²) in [4.78, 5) is 11.3. The summed E-state index contributed by atoms with van der Waals surface area (Å²) >= 11 is 3.44. The number of halogens is 1. The Labute approximate surface area is 118 Å². The molecule has 0 spiro atoms. The minimum Gasteiger partial charge on any atom is -0.479 e. The number of hydrogen-bond donors (Lipinski definition) is 1. The molecule has 19 heavy (non-hydrogen) atoms. The number of carboxylic acids is 1. The monoisotopic (exact) mass is 324 g/mol. The Balaban J connectivity index is 2.63. The van der Waals surface area contributed by atoms with Crippen molar-refractivity contribution < 1.29 is 9.90 Å². The number of carbonyl (C=O) groups is 1. The normalized spacial score (nSPS) is 11.6. The lowest BCUT2D eigenvalue weighted by Gasteiger charge is -2.21. The van der Waals surface area contributed by atoms with E-state index < -0.39 is 11.5 Å². The summed E-state index contributed by atoms with van der Waals surface area (Å²) in [7, 11) is 0. The van der Waals surface area contributed by atoms with Crippen LogP contribution in [0.5, 0.6) is 0 Å². The van der Waals surface area contributed by atoms with Crippen molar-refractivity contribution in [3.05, 3.63) is 28.2 Å². The van der Waals surface area contributed by atoms with Crippen LogP contribution < -0.4 is 0 Å². The van der Waals surface area contributed by atoms with E-state index >= 15 is 0 Å². The molecule has 0 aliphatic carbocycles. The van der Waals surface area contributed by atoms with Crippen molar-refractivity contribution in [2.45, 2.75) is 26.3 Å². The van der Waals surface area contributed by atoms with Crippen molar-refractivity contribution in [1.29, 1.82) is 0 Å². The molecule has 0 atom stereocenters. The van der Waals surface area contributed by atoms with Crippen molar-refractivity contribution in [3.63, 3.8) is 0 Å². The Morgan fingerprint density at radius 2 is 2.11 bits per heavy atom. The highest BCUT2D eigenvalue weighted by Gasteiger charge is 2.34. The number of aliphatic carboxylic acids is 1. The molecule has 1 aromatic heterocycles. The van der Waals surface area contributed by atoms with Crippen molar-refractivity contribution >= 4 is 21.9 Å². The summed E-state index contributed by atoms with van der Waals surface area (Å²) in [5, 5.41) is 20.7. The predicted molar refractivity (Wildman–Crippen MR) is 72.6 cm³/mol. The average molecular weight is 325 g/mol. The van der Waals surface area contributed by atoms with E-state index in [2.05, 4.69) is 31.5 Å². The lowest BCUT2D eigenvalue weighted by Crippen LogP contribution is -2.37. The highest BCUT2D eigenvalue weighted by molar-refractivity contribution is 9.10. The van der Waals surface area contributed by atoms with Crippen LogP contribution in [0.15, 0.2) is 22.7 Å². The molecule has 0 aliphatic heterocycles. The lowest BCUT2D eigenvalue weighted by atomic mass is 10.0. The summed E-state index contributed by atoms with van der Waals surface area (Å²) in [6, 6.07) is 5.63. The van der Waals surface area contributed by atoms with E-state index in [0.29, 0.717) is 5.82 Å². The molecule has 0 bridgehead atoms. The van der Waals surface area contributed by atoms with Gasteiger partial charge in [0.1, 0.15) is 0 Å². The van der Waals surface area contributed by atoms with Gasteiger partial charge in [0.05, 0.1) is 0 Å². The molecule has 0 amide bonds. The Morgan fingerprint density at radius 1 is 1.42 bits per heavy atom. The maximum Gasteiger partial charge on any atom is 0.331 e. The third kappa shape index (κ3) is 2.25. The van der Waals surface area contributed by atoms with E-state index in [9.17, 15) is 9.90 Å². The topological polar surface area (TPSA) is 80.9 Å². The molecule has 1 N–H and O–H groups in total. The van der Waals surface area contributed by atoms with Gasteiger partial charge >= 0.3 is 5.97 Å². The second-order valence-corrected chi connectivity index (χ2v) is 5.55. The number of hydrogen-bond acceptors (Lipinski definition) is 4. The van der Waals surface area contributed by atoms with Crippen LogP contribution in [0.2, 0.25) is 0 Å². The van der Waals surface area contributed by atoms with Crippen molar-refractivity contribution in [2.24, 2.45) is 0 Å². The van der Waals surface area contributed by atoms with Gasteiger partial charge in [0, 0.05) is 10.0 Å². The maximum absolute atomic E-state index is 11.3. The molecule has 0 aliphatic rings. The fourth-order valence-corrected chi connectivity index (χ4v) is 2.04. The Hall–Kier alpha value is -1.76. The standard InChI is InChI=1S/C12H13BrN4O2/c1-7-8(5-4-6-9(7)13)10-14-15-16-17(10)12(2,3)11(18)19/h4-6H,1-3H3,(H,18,19). The third-order valence-electron chi connectivity index (χ3n) is 3.03. The highest BCUT2D eigenvalue weighted by atomic mass is 79.9. The fourth-order valence-electron chi connectivity index (χ4n) is 1.67. The van der Waals surface area contributed by atoms with Crippen LogP contribution in [0, 0.1) is 6.92 Å². The molecule has 1 aromatic carbocycles. The van der Waals surface area contributed by atoms with Crippen molar-refractivity contribution in [2.75, 3.05) is 0 Å². The van der Waals surface area contributed by atoms with E-state index in [0.717, 1.165) is 15.6 Å². The van der Waals surface area contributed by atoms with Gasteiger partial charge in [-0.1, -0.05) is 28.1 Å². The molecule has 0 fully saturated rings. The average Bonchev–Trinajstić information content (AvgIpc) is 2.82. The minimum atomic E-state index is -1.21. The first-order chi connectivity index (χ1) is 8.85. The molecular formula is C12H13BrN4O2. The van der Waals surface area contributed by atoms with Gasteiger partial charge in [-0.3, -0.25) is 0 Å². The summed E-state index contributed by atoms with van der Waals surface area (Å²) < 4.78 is 2.25. The summed E-state index contributed by atoms with van der Waals surface area (Å²) in [5.74, 6) is -0.556. The van der Waals surface area contributed by atoms with Crippen molar-refractivity contribution in [3.8, 4) is 11.4 Å². The van der Waals surface area contributed by atoms with Crippen LogP contribution in [-0.2, 0) is 10.3 Å². The van der Waals surface area contributed by atoms with Crippen LogP contribution in [0.25, 0.3) is 11.4 Å². The summed E-state index contributed by atoms with van der Waals surface area (Å²) in [5.41, 5.74) is 0.543. The number of carboxylic acid groups (broad SMARTS) is 1. The van der Waals surface area contributed by atoms with Crippen LogP contribution in [0.4, 0.5) is 0 Å². The zero-order valence-electron chi connectivity index (χ0n) is 10.8. The molecule has 1 heterocycles. The number of nitrogens with zero attached hydrogens (tertiary/aromatic N) is 4. The largest absolute Gasteiger partial charge is 0.479 e. The molecule has 2 rings (SSSR count). The zero-order valence-corrected chi connectivity index (χ0v) is 12.3. The van der Waals surface area contributed by atoms with Gasteiger partial charge in [-0.05, 0) is 42.8 Å².